The molecule has 7 heteroatoms. The lowest BCUT2D eigenvalue weighted by Crippen LogP contribution is -2.46. The van der Waals surface area contributed by atoms with Crippen molar-refractivity contribution in [3.63, 3.8) is 0 Å². The Morgan fingerprint density at radius 1 is 0.875 bits per heavy atom. The Labute approximate surface area is 149 Å². The quantitative estimate of drug-likeness (QED) is 0.480. The number of rotatable bonds is 3. The number of amides is 2. The molecule has 3 rings (SSSR count). The number of primary amides is 1. The first-order valence-electron chi connectivity index (χ1n) is 7.74. The van der Waals surface area contributed by atoms with E-state index < -0.39 is 6.03 Å². The van der Waals surface area contributed by atoms with Gasteiger partial charge in [-0.3, -0.25) is 0 Å². The number of anilines is 3. The number of halogens is 1. The third-order valence-electron chi connectivity index (χ3n) is 4.20. The molecule has 126 valence electrons. The highest BCUT2D eigenvalue weighted by Crippen LogP contribution is 2.24. The summed E-state index contributed by atoms with van der Waals surface area (Å²) >= 11 is 3.47. The van der Waals surface area contributed by atoms with Crippen molar-refractivity contribution in [2.24, 2.45) is 11.6 Å². The first kappa shape index (κ1) is 16.6. The van der Waals surface area contributed by atoms with Crippen LogP contribution in [0.1, 0.15) is 0 Å². The van der Waals surface area contributed by atoms with Gasteiger partial charge in [-0.05, 0) is 48.5 Å². The van der Waals surface area contributed by atoms with Crippen LogP contribution in [0.2, 0.25) is 0 Å². The van der Waals surface area contributed by atoms with Gasteiger partial charge < -0.3 is 15.5 Å². The number of hydrogen-bond acceptors (Lipinski definition) is 4. The van der Waals surface area contributed by atoms with Crippen LogP contribution in [0, 0.1) is 0 Å². The molecule has 1 aliphatic rings. The molecule has 1 fully saturated rings. The van der Waals surface area contributed by atoms with Gasteiger partial charge in [-0.1, -0.05) is 15.9 Å². The highest BCUT2D eigenvalue weighted by atomic mass is 79.9. The number of benzene rings is 2. The lowest BCUT2D eigenvalue weighted by atomic mass is 10.2. The van der Waals surface area contributed by atoms with Gasteiger partial charge in [0.05, 0.1) is 5.69 Å². The average molecular weight is 390 g/mol. The predicted octanol–water partition coefficient (Wildman–Crippen LogP) is 2.53. The Kier molecular flexibility index (Phi) is 4.92. The van der Waals surface area contributed by atoms with Gasteiger partial charge in [-0.15, -0.1) is 0 Å². The number of hydrogen-bond donors (Lipinski definition) is 2. The molecule has 2 amide bonds. The predicted molar refractivity (Wildman–Crippen MR) is 101 cm³/mol. The van der Waals surface area contributed by atoms with Gasteiger partial charge in [-0.25, -0.2) is 15.6 Å². The second-order valence-electron chi connectivity index (χ2n) is 5.68. The smallest absolute Gasteiger partial charge is 0.333 e. The summed E-state index contributed by atoms with van der Waals surface area (Å²) in [5.74, 6) is 5.59. The van der Waals surface area contributed by atoms with E-state index in [0.717, 1.165) is 41.3 Å². The van der Waals surface area contributed by atoms with Crippen molar-refractivity contribution in [1.82, 2.24) is 0 Å². The fourth-order valence-electron chi connectivity index (χ4n) is 2.83. The van der Waals surface area contributed by atoms with E-state index in [0.29, 0.717) is 5.69 Å². The van der Waals surface area contributed by atoms with Crippen molar-refractivity contribution in [2.45, 2.75) is 0 Å². The SMILES string of the molecule is NC(=O)N(N)c1ccc(N2CCN(c3ccc(Br)cc3)CC2)cc1. The molecule has 2 aromatic carbocycles. The number of hydrazine groups is 1. The van der Waals surface area contributed by atoms with Crippen LogP contribution >= 0.6 is 15.9 Å². The summed E-state index contributed by atoms with van der Waals surface area (Å²) in [4.78, 5) is 15.8. The first-order chi connectivity index (χ1) is 11.5. The van der Waals surface area contributed by atoms with Crippen molar-refractivity contribution in [2.75, 3.05) is 41.0 Å². The Bertz CT molecular complexity index is 696. The molecule has 0 radical (unpaired) electrons. The van der Waals surface area contributed by atoms with Crippen molar-refractivity contribution in [1.29, 1.82) is 0 Å². The molecule has 0 atom stereocenters. The summed E-state index contributed by atoms with van der Waals surface area (Å²) in [6, 6.07) is 15.3. The van der Waals surface area contributed by atoms with Crippen LogP contribution in [-0.4, -0.2) is 32.2 Å². The third kappa shape index (κ3) is 3.63. The van der Waals surface area contributed by atoms with E-state index in [1.807, 2.05) is 12.1 Å². The van der Waals surface area contributed by atoms with Crippen LogP contribution in [-0.2, 0) is 0 Å². The molecule has 24 heavy (non-hydrogen) atoms. The number of nitrogens with two attached hydrogens (primary N) is 2. The summed E-state index contributed by atoms with van der Waals surface area (Å²) in [6.45, 7) is 3.82. The summed E-state index contributed by atoms with van der Waals surface area (Å²) in [7, 11) is 0. The zero-order chi connectivity index (χ0) is 17.1. The van der Waals surface area contributed by atoms with E-state index in [1.54, 1.807) is 12.1 Å². The maximum absolute atomic E-state index is 11.1. The van der Waals surface area contributed by atoms with Gasteiger partial charge in [0.2, 0.25) is 0 Å². The van der Waals surface area contributed by atoms with Gasteiger partial charge >= 0.3 is 6.03 Å². The molecule has 4 N–H and O–H groups in total. The lowest BCUT2D eigenvalue weighted by molar-refractivity contribution is 0.254. The fraction of sp³-hybridized carbons (Fsp3) is 0.235. The molecule has 6 nitrogen and oxygen atoms in total. The second kappa shape index (κ2) is 7.11. The van der Waals surface area contributed by atoms with Gasteiger partial charge in [0.25, 0.3) is 0 Å². The molecule has 1 aliphatic heterocycles. The Hall–Kier alpha value is -2.25. The molecular weight excluding hydrogens is 370 g/mol. The van der Waals surface area contributed by atoms with E-state index in [9.17, 15) is 4.79 Å². The number of piperazine rings is 1. The van der Waals surface area contributed by atoms with Crippen molar-refractivity contribution in [3.8, 4) is 0 Å². The first-order valence-corrected chi connectivity index (χ1v) is 8.54. The van der Waals surface area contributed by atoms with Crippen molar-refractivity contribution < 1.29 is 4.79 Å². The monoisotopic (exact) mass is 389 g/mol. The molecule has 0 spiro atoms. The molecule has 1 heterocycles. The Morgan fingerprint density at radius 3 is 1.71 bits per heavy atom. The van der Waals surface area contributed by atoms with E-state index in [-0.39, 0.29) is 0 Å². The lowest BCUT2D eigenvalue weighted by Gasteiger charge is -2.37. The number of carbonyl (C=O) groups excluding carboxylic acids is 1. The fourth-order valence-corrected chi connectivity index (χ4v) is 3.09. The largest absolute Gasteiger partial charge is 0.368 e. The minimum absolute atomic E-state index is 0.583. The molecule has 1 saturated heterocycles. The standard InChI is InChI=1S/C17H20BrN5O/c18-13-1-3-14(4-2-13)21-9-11-22(12-10-21)15-5-7-16(8-6-15)23(20)17(19)24/h1-8H,9-12,20H2,(H2,19,24). The van der Waals surface area contributed by atoms with Crippen LogP contribution in [0.5, 0.6) is 0 Å². The summed E-state index contributed by atoms with van der Waals surface area (Å²) in [6.07, 6.45) is 0. The number of carbonyl (C=O) groups is 1. The van der Waals surface area contributed by atoms with Gasteiger partial charge in [-0.2, -0.15) is 0 Å². The van der Waals surface area contributed by atoms with Crippen molar-refractivity contribution >= 4 is 39.0 Å². The summed E-state index contributed by atoms with van der Waals surface area (Å²) in [5, 5.41) is 0.940. The highest BCUT2D eigenvalue weighted by Gasteiger charge is 2.18. The molecule has 0 unspecified atom stereocenters. The van der Waals surface area contributed by atoms with E-state index >= 15 is 0 Å². The average Bonchev–Trinajstić information content (AvgIpc) is 2.62. The molecular formula is C17H20BrN5O. The molecule has 0 bridgehead atoms. The molecule has 0 aliphatic carbocycles. The minimum Gasteiger partial charge on any atom is -0.368 e. The summed E-state index contributed by atoms with van der Waals surface area (Å²) < 4.78 is 1.09. The third-order valence-corrected chi connectivity index (χ3v) is 4.73. The van der Waals surface area contributed by atoms with Crippen LogP contribution in [0.25, 0.3) is 0 Å². The Morgan fingerprint density at radius 2 is 1.29 bits per heavy atom. The van der Waals surface area contributed by atoms with E-state index in [4.69, 9.17) is 11.6 Å². The van der Waals surface area contributed by atoms with E-state index in [1.165, 1.54) is 5.69 Å². The number of nitrogens with zero attached hydrogens (tertiary/aromatic N) is 3. The highest BCUT2D eigenvalue weighted by molar-refractivity contribution is 9.10. The van der Waals surface area contributed by atoms with Crippen molar-refractivity contribution in [3.05, 3.63) is 53.0 Å². The van der Waals surface area contributed by atoms with Gasteiger partial charge in [0, 0.05) is 42.0 Å². The maximum Gasteiger partial charge on any atom is 0.333 e. The molecule has 2 aromatic rings. The van der Waals surface area contributed by atoms with Crippen LogP contribution < -0.4 is 26.4 Å². The second-order valence-corrected chi connectivity index (χ2v) is 6.59. The molecule has 0 aromatic heterocycles. The van der Waals surface area contributed by atoms with E-state index in [2.05, 4.69) is 50.0 Å². The van der Waals surface area contributed by atoms with Gasteiger partial charge in [0.1, 0.15) is 0 Å². The maximum atomic E-state index is 11.1. The zero-order valence-electron chi connectivity index (χ0n) is 13.2. The number of urea groups is 1. The van der Waals surface area contributed by atoms with Crippen LogP contribution in [0.15, 0.2) is 53.0 Å². The topological polar surface area (TPSA) is 78.8 Å². The minimum atomic E-state index is -0.675. The summed E-state index contributed by atoms with van der Waals surface area (Å²) in [5.41, 5.74) is 8.12. The van der Waals surface area contributed by atoms with Gasteiger partial charge in [0.15, 0.2) is 0 Å². The Balaban J connectivity index is 1.62. The normalized spacial score (nSPS) is 14.6. The molecule has 0 saturated carbocycles. The van der Waals surface area contributed by atoms with Crippen LogP contribution in [0.3, 0.4) is 0 Å². The zero-order valence-corrected chi connectivity index (χ0v) is 14.8. The van der Waals surface area contributed by atoms with Crippen LogP contribution in [0.4, 0.5) is 21.9 Å².